The van der Waals surface area contributed by atoms with Crippen molar-refractivity contribution < 1.29 is 9.53 Å². The zero-order valence-corrected chi connectivity index (χ0v) is 19.4. The van der Waals surface area contributed by atoms with Gasteiger partial charge in [0.1, 0.15) is 10.8 Å². The predicted molar refractivity (Wildman–Crippen MR) is 130 cm³/mol. The molecule has 1 aliphatic heterocycles. The molecule has 2 aromatic carbocycles. The van der Waals surface area contributed by atoms with Crippen LogP contribution in [0.1, 0.15) is 43.3 Å². The minimum Gasteiger partial charge on any atom is -0.494 e. The Kier molecular flexibility index (Phi) is 6.46. The number of aromatic nitrogens is 1. The Labute approximate surface area is 192 Å². The maximum Gasteiger partial charge on any atom is 0.322 e. The first-order valence-electron chi connectivity index (χ1n) is 10.8. The Morgan fingerprint density at radius 2 is 1.88 bits per heavy atom. The molecule has 0 radical (unpaired) electrons. The molecule has 166 valence electrons. The van der Waals surface area contributed by atoms with Crippen molar-refractivity contribution in [1.29, 1.82) is 0 Å². The molecule has 0 fully saturated rings. The van der Waals surface area contributed by atoms with E-state index in [1.54, 1.807) is 23.3 Å². The van der Waals surface area contributed by atoms with Crippen LogP contribution in [0.15, 0.2) is 59.6 Å². The Bertz CT molecular complexity index is 1120. The second-order valence-corrected chi connectivity index (χ2v) is 8.73. The maximum absolute atomic E-state index is 12.6. The number of anilines is 1. The summed E-state index contributed by atoms with van der Waals surface area (Å²) in [5.41, 5.74) is 11.3. The molecule has 1 aliphatic rings. The summed E-state index contributed by atoms with van der Waals surface area (Å²) in [6, 6.07) is 15.2. The average molecular weight is 449 g/mol. The lowest BCUT2D eigenvalue weighted by Gasteiger charge is -2.33. The summed E-state index contributed by atoms with van der Waals surface area (Å²) >= 11 is 1.57. The van der Waals surface area contributed by atoms with Gasteiger partial charge < -0.3 is 20.7 Å². The quantitative estimate of drug-likeness (QED) is 0.359. The van der Waals surface area contributed by atoms with Gasteiger partial charge in [-0.1, -0.05) is 37.6 Å². The predicted octanol–water partition coefficient (Wildman–Crippen LogP) is 5.70. The molecule has 0 spiro atoms. The van der Waals surface area contributed by atoms with Crippen LogP contribution in [0.2, 0.25) is 0 Å². The number of nitrogens with two attached hydrogens (primary N) is 1. The van der Waals surface area contributed by atoms with Crippen molar-refractivity contribution in [2.24, 2.45) is 0 Å². The minimum atomic E-state index is -0.284. The number of thiazole rings is 1. The van der Waals surface area contributed by atoms with Crippen molar-refractivity contribution in [3.63, 3.8) is 0 Å². The summed E-state index contributed by atoms with van der Waals surface area (Å²) in [5.74, 6) is 0.837. The number of nitrogens with one attached hydrogen (secondary N) is 1. The Morgan fingerprint density at radius 3 is 2.56 bits per heavy atom. The number of ether oxygens (including phenoxy) is 1. The van der Waals surface area contributed by atoms with Gasteiger partial charge in [-0.3, -0.25) is 0 Å². The summed E-state index contributed by atoms with van der Waals surface area (Å²) in [6.45, 7) is 4.81. The molecule has 1 atom stereocenters. The van der Waals surface area contributed by atoms with Gasteiger partial charge in [-0.05, 0) is 43.2 Å². The number of rotatable bonds is 7. The summed E-state index contributed by atoms with van der Waals surface area (Å²) in [7, 11) is 1.78. The fourth-order valence-corrected chi connectivity index (χ4v) is 4.59. The van der Waals surface area contributed by atoms with Gasteiger partial charge in [0.05, 0.1) is 18.3 Å². The molecule has 7 heteroatoms. The van der Waals surface area contributed by atoms with Crippen LogP contribution in [0.25, 0.3) is 16.8 Å². The second-order valence-electron chi connectivity index (χ2n) is 7.87. The molecule has 32 heavy (non-hydrogen) atoms. The van der Waals surface area contributed by atoms with Crippen molar-refractivity contribution >= 4 is 28.6 Å². The highest BCUT2D eigenvalue weighted by atomic mass is 32.1. The molecule has 0 saturated heterocycles. The number of carbonyl (C=O) groups is 1. The van der Waals surface area contributed by atoms with Crippen molar-refractivity contribution in [2.75, 3.05) is 19.4 Å². The Balaban J connectivity index is 1.67. The van der Waals surface area contributed by atoms with E-state index in [0.717, 1.165) is 57.4 Å². The van der Waals surface area contributed by atoms with E-state index in [-0.39, 0.29) is 12.1 Å². The van der Waals surface area contributed by atoms with E-state index in [0.29, 0.717) is 6.61 Å². The number of nitrogens with zero attached hydrogens (tertiary/aromatic N) is 2. The molecule has 4 rings (SSSR count). The number of nitrogen functional groups attached to an aromatic ring is 1. The van der Waals surface area contributed by atoms with Crippen LogP contribution in [0.3, 0.4) is 0 Å². The molecule has 6 nitrogen and oxygen atoms in total. The number of benzene rings is 2. The molecule has 0 bridgehead atoms. The van der Waals surface area contributed by atoms with Crippen molar-refractivity contribution in [1.82, 2.24) is 15.2 Å². The molecule has 2 heterocycles. The van der Waals surface area contributed by atoms with Crippen LogP contribution < -0.4 is 15.8 Å². The average Bonchev–Trinajstić information content (AvgIpc) is 3.28. The zero-order valence-electron chi connectivity index (χ0n) is 18.6. The lowest BCUT2D eigenvalue weighted by Crippen LogP contribution is -2.44. The fraction of sp³-hybridized carbons (Fsp3) is 0.280. The third-order valence-corrected chi connectivity index (χ3v) is 6.55. The van der Waals surface area contributed by atoms with Crippen LogP contribution in [0, 0.1) is 0 Å². The number of urea groups is 1. The van der Waals surface area contributed by atoms with Gasteiger partial charge in [0.2, 0.25) is 0 Å². The normalized spacial score (nSPS) is 16.3. The van der Waals surface area contributed by atoms with Crippen LogP contribution in [-0.2, 0) is 0 Å². The van der Waals surface area contributed by atoms with Gasteiger partial charge in [0.15, 0.2) is 0 Å². The highest BCUT2D eigenvalue weighted by molar-refractivity contribution is 7.11. The molecule has 0 aliphatic carbocycles. The van der Waals surface area contributed by atoms with E-state index in [4.69, 9.17) is 15.5 Å². The van der Waals surface area contributed by atoms with E-state index < -0.39 is 0 Å². The van der Waals surface area contributed by atoms with Gasteiger partial charge >= 0.3 is 6.03 Å². The van der Waals surface area contributed by atoms with Gasteiger partial charge in [0, 0.05) is 34.9 Å². The Hall–Kier alpha value is -3.32. The summed E-state index contributed by atoms with van der Waals surface area (Å²) in [4.78, 5) is 19.1. The van der Waals surface area contributed by atoms with Gasteiger partial charge in [-0.2, -0.15) is 0 Å². The molecule has 1 unspecified atom stereocenters. The minimum absolute atomic E-state index is 0.130. The van der Waals surface area contributed by atoms with Crippen molar-refractivity contribution in [3.05, 3.63) is 70.2 Å². The summed E-state index contributed by atoms with van der Waals surface area (Å²) < 4.78 is 5.79. The third-order valence-electron chi connectivity index (χ3n) is 5.68. The maximum atomic E-state index is 12.6. The van der Waals surface area contributed by atoms with E-state index in [9.17, 15) is 4.79 Å². The van der Waals surface area contributed by atoms with Crippen molar-refractivity contribution in [3.8, 4) is 17.0 Å². The number of unbranched alkanes of at least 4 members (excludes halogenated alkanes) is 1. The highest BCUT2D eigenvalue weighted by Crippen LogP contribution is 2.39. The third kappa shape index (κ3) is 4.48. The summed E-state index contributed by atoms with van der Waals surface area (Å²) in [5, 5.41) is 6.05. The number of hydrogen-bond donors (Lipinski definition) is 2. The summed E-state index contributed by atoms with van der Waals surface area (Å²) in [6.07, 6.45) is 2.12. The lowest BCUT2D eigenvalue weighted by molar-refractivity contribution is 0.214. The van der Waals surface area contributed by atoms with Crippen LogP contribution in [0.4, 0.5) is 10.5 Å². The van der Waals surface area contributed by atoms with E-state index in [2.05, 4.69) is 12.2 Å². The standard InChI is InChI=1S/C25H28N4O2S/c1-4-5-14-31-20-12-8-18(9-13-20)23-22(16(2)29(3)25(30)28-23)24-27-21(15-32-24)17-6-10-19(26)11-7-17/h6-13,15,23H,4-5,14,26H2,1-3H3,(H,28,30). The molecule has 0 saturated carbocycles. The first kappa shape index (κ1) is 21.9. The van der Waals surface area contributed by atoms with Crippen molar-refractivity contribution in [2.45, 2.75) is 32.7 Å². The number of carbonyl (C=O) groups excluding carboxylic acids is 1. The van der Waals surface area contributed by atoms with Crippen LogP contribution in [-0.4, -0.2) is 29.6 Å². The SMILES string of the molecule is CCCCOc1ccc(C2NC(=O)N(C)C(C)=C2c2nc(-c3ccc(N)cc3)cs2)cc1. The lowest BCUT2D eigenvalue weighted by atomic mass is 9.95. The smallest absolute Gasteiger partial charge is 0.322 e. The van der Waals surface area contributed by atoms with Crippen LogP contribution in [0.5, 0.6) is 5.75 Å². The van der Waals surface area contributed by atoms with E-state index in [1.807, 2.05) is 60.8 Å². The number of hydrogen-bond acceptors (Lipinski definition) is 5. The molecule has 3 N–H and O–H groups in total. The molecule has 2 amide bonds. The molecular weight excluding hydrogens is 420 g/mol. The number of allylic oxidation sites excluding steroid dienone is 1. The topological polar surface area (TPSA) is 80.5 Å². The van der Waals surface area contributed by atoms with Gasteiger partial charge in [0.25, 0.3) is 0 Å². The monoisotopic (exact) mass is 448 g/mol. The Morgan fingerprint density at radius 1 is 1.16 bits per heavy atom. The number of amides is 2. The van der Waals surface area contributed by atoms with E-state index >= 15 is 0 Å². The van der Waals surface area contributed by atoms with Crippen LogP contribution >= 0.6 is 11.3 Å². The largest absolute Gasteiger partial charge is 0.494 e. The molecular formula is C25H28N4O2S. The molecule has 1 aromatic heterocycles. The first-order chi connectivity index (χ1) is 15.5. The van der Waals surface area contributed by atoms with E-state index in [1.165, 1.54) is 0 Å². The second kappa shape index (κ2) is 9.44. The zero-order chi connectivity index (χ0) is 22.7. The fourth-order valence-electron chi connectivity index (χ4n) is 3.64. The highest BCUT2D eigenvalue weighted by Gasteiger charge is 2.32. The molecule has 3 aromatic rings. The van der Waals surface area contributed by atoms with Gasteiger partial charge in [-0.15, -0.1) is 11.3 Å². The van der Waals surface area contributed by atoms with Gasteiger partial charge in [-0.25, -0.2) is 9.78 Å². The first-order valence-corrected chi connectivity index (χ1v) is 11.7.